The Kier molecular flexibility index (Phi) is 2.29. The van der Waals surface area contributed by atoms with Gasteiger partial charge in [0.15, 0.2) is 0 Å². The van der Waals surface area contributed by atoms with E-state index in [1.807, 2.05) is 6.07 Å². The Bertz CT molecular complexity index is 396. The third-order valence-corrected chi connectivity index (χ3v) is 4.10. The van der Waals surface area contributed by atoms with E-state index in [1.54, 1.807) is 6.20 Å². The molecule has 1 aromatic rings. The van der Waals surface area contributed by atoms with E-state index in [1.165, 1.54) is 19.3 Å². The van der Waals surface area contributed by atoms with Crippen LogP contribution in [0.1, 0.15) is 30.7 Å². The summed E-state index contributed by atoms with van der Waals surface area (Å²) in [4.78, 5) is 3.77. The third kappa shape index (κ3) is 1.60. The Morgan fingerprint density at radius 1 is 1.47 bits per heavy atom. The number of nitrogens with one attached hydrogen (secondary N) is 1. The Hall–Kier alpha value is -0.480. The summed E-state index contributed by atoms with van der Waals surface area (Å²) in [5.74, 6) is 0.100. The van der Waals surface area contributed by atoms with Crippen LogP contribution in [0.2, 0.25) is 0 Å². The highest BCUT2D eigenvalue weighted by molar-refractivity contribution is 9.10. The van der Waals surface area contributed by atoms with Gasteiger partial charge in [0.1, 0.15) is 0 Å². The van der Waals surface area contributed by atoms with E-state index in [4.69, 9.17) is 0 Å². The van der Waals surface area contributed by atoms with Gasteiger partial charge in [-0.25, -0.2) is 4.98 Å². The fraction of sp³-hybridized carbons (Fsp3) is 0.545. The van der Waals surface area contributed by atoms with Crippen LogP contribution in [0.25, 0.3) is 0 Å². The minimum absolute atomic E-state index is 0.421. The van der Waals surface area contributed by atoms with E-state index in [9.17, 15) is 4.39 Å². The Balaban J connectivity index is 1.90. The SMILES string of the molecule is Fc1ncc(C2CC3CCC2N3)cc1Br. The molecule has 3 heterocycles. The summed E-state index contributed by atoms with van der Waals surface area (Å²) in [5, 5.41) is 3.57. The average Bonchev–Trinajstić information content (AvgIpc) is 2.83. The smallest absolute Gasteiger partial charge is 0.227 e. The number of nitrogens with zero attached hydrogens (tertiary/aromatic N) is 1. The van der Waals surface area contributed by atoms with Crippen molar-refractivity contribution < 1.29 is 4.39 Å². The zero-order valence-corrected chi connectivity index (χ0v) is 9.80. The lowest BCUT2D eigenvalue weighted by atomic mass is 9.85. The molecular weight excluding hydrogens is 259 g/mol. The molecule has 3 unspecified atom stereocenters. The van der Waals surface area contributed by atoms with Gasteiger partial charge in [0.05, 0.1) is 4.47 Å². The summed E-state index contributed by atoms with van der Waals surface area (Å²) in [5.41, 5.74) is 1.16. The van der Waals surface area contributed by atoms with Crippen LogP contribution in [-0.2, 0) is 0 Å². The van der Waals surface area contributed by atoms with Crippen molar-refractivity contribution in [1.29, 1.82) is 0 Å². The molecule has 1 N–H and O–H groups in total. The predicted octanol–water partition coefficient (Wildman–Crippen LogP) is 2.59. The second kappa shape index (κ2) is 3.52. The molecule has 3 rings (SSSR count). The van der Waals surface area contributed by atoms with Crippen LogP contribution in [0.15, 0.2) is 16.7 Å². The highest BCUT2D eigenvalue weighted by Crippen LogP contribution is 2.40. The molecule has 0 spiro atoms. The normalized spacial score (nSPS) is 33.6. The molecule has 0 saturated carbocycles. The minimum Gasteiger partial charge on any atom is -0.311 e. The molecule has 2 bridgehead atoms. The van der Waals surface area contributed by atoms with Gasteiger partial charge in [0, 0.05) is 24.2 Å². The van der Waals surface area contributed by atoms with Gasteiger partial charge in [0.25, 0.3) is 0 Å². The molecule has 4 heteroatoms. The maximum absolute atomic E-state index is 13.0. The number of hydrogen-bond acceptors (Lipinski definition) is 2. The molecule has 2 nitrogen and oxygen atoms in total. The van der Waals surface area contributed by atoms with Crippen LogP contribution < -0.4 is 5.32 Å². The lowest BCUT2D eigenvalue weighted by Crippen LogP contribution is -2.21. The number of hydrogen-bond donors (Lipinski definition) is 1. The van der Waals surface area contributed by atoms with Gasteiger partial charge >= 0.3 is 0 Å². The number of pyridine rings is 1. The largest absolute Gasteiger partial charge is 0.311 e. The molecule has 0 radical (unpaired) electrons. The van der Waals surface area contributed by atoms with Gasteiger partial charge in [-0.2, -0.15) is 4.39 Å². The molecule has 0 amide bonds. The molecule has 0 aliphatic carbocycles. The summed E-state index contributed by atoms with van der Waals surface area (Å²) >= 11 is 3.19. The zero-order chi connectivity index (χ0) is 10.4. The topological polar surface area (TPSA) is 24.9 Å². The van der Waals surface area contributed by atoms with E-state index in [-0.39, 0.29) is 0 Å². The summed E-state index contributed by atoms with van der Waals surface area (Å²) < 4.78 is 13.5. The zero-order valence-electron chi connectivity index (χ0n) is 8.21. The molecule has 80 valence electrons. The van der Waals surface area contributed by atoms with Crippen molar-refractivity contribution in [2.75, 3.05) is 0 Å². The van der Waals surface area contributed by atoms with E-state index in [0.717, 1.165) is 5.56 Å². The van der Waals surface area contributed by atoms with Crippen molar-refractivity contribution in [3.63, 3.8) is 0 Å². The van der Waals surface area contributed by atoms with Crippen LogP contribution in [0.3, 0.4) is 0 Å². The van der Waals surface area contributed by atoms with E-state index in [0.29, 0.717) is 22.5 Å². The lowest BCUT2D eigenvalue weighted by molar-refractivity contribution is 0.501. The first kappa shape index (κ1) is 9.73. The second-order valence-corrected chi connectivity index (χ2v) is 5.29. The molecule has 3 atom stereocenters. The van der Waals surface area contributed by atoms with Crippen LogP contribution in [-0.4, -0.2) is 17.1 Å². The van der Waals surface area contributed by atoms with Crippen molar-refractivity contribution >= 4 is 15.9 Å². The first-order valence-corrected chi connectivity index (χ1v) is 6.10. The maximum Gasteiger partial charge on any atom is 0.227 e. The van der Waals surface area contributed by atoms with E-state index in [2.05, 4.69) is 26.2 Å². The van der Waals surface area contributed by atoms with Crippen LogP contribution in [0, 0.1) is 5.95 Å². The third-order valence-electron chi connectivity index (χ3n) is 3.55. The standard InChI is InChI=1S/C11H12BrFN2/c12-9-3-6(5-14-11(9)13)8-4-7-1-2-10(8)15-7/h3,5,7-8,10,15H,1-2,4H2. The van der Waals surface area contributed by atoms with Crippen molar-refractivity contribution in [1.82, 2.24) is 10.3 Å². The molecule has 2 aliphatic rings. The summed E-state index contributed by atoms with van der Waals surface area (Å²) in [6.07, 6.45) is 5.37. The summed E-state index contributed by atoms with van der Waals surface area (Å²) in [6.45, 7) is 0. The van der Waals surface area contributed by atoms with Gasteiger partial charge < -0.3 is 5.32 Å². The quantitative estimate of drug-likeness (QED) is 0.794. The molecule has 2 fully saturated rings. The van der Waals surface area contributed by atoms with Crippen LogP contribution >= 0.6 is 15.9 Å². The van der Waals surface area contributed by atoms with Crippen LogP contribution in [0.5, 0.6) is 0 Å². The molecular formula is C11H12BrFN2. The number of rotatable bonds is 1. The van der Waals surface area contributed by atoms with Gasteiger partial charge in [-0.1, -0.05) is 0 Å². The molecule has 2 saturated heterocycles. The van der Waals surface area contributed by atoms with Crippen molar-refractivity contribution in [3.8, 4) is 0 Å². The van der Waals surface area contributed by atoms with E-state index >= 15 is 0 Å². The van der Waals surface area contributed by atoms with Crippen LogP contribution in [0.4, 0.5) is 4.39 Å². The highest BCUT2D eigenvalue weighted by Gasteiger charge is 2.39. The van der Waals surface area contributed by atoms with Crippen molar-refractivity contribution in [2.45, 2.75) is 37.3 Å². The Labute approximate surface area is 96.4 Å². The molecule has 15 heavy (non-hydrogen) atoms. The lowest BCUT2D eigenvalue weighted by Gasteiger charge is -2.20. The highest BCUT2D eigenvalue weighted by atomic mass is 79.9. The van der Waals surface area contributed by atoms with E-state index < -0.39 is 5.95 Å². The number of halogens is 2. The monoisotopic (exact) mass is 270 g/mol. The van der Waals surface area contributed by atoms with Gasteiger partial charge in [-0.3, -0.25) is 0 Å². The fourth-order valence-electron chi connectivity index (χ4n) is 2.83. The molecule has 0 aromatic carbocycles. The predicted molar refractivity (Wildman–Crippen MR) is 59.2 cm³/mol. The maximum atomic E-state index is 13.0. The minimum atomic E-state index is -0.421. The van der Waals surface area contributed by atoms with Gasteiger partial charge in [-0.15, -0.1) is 0 Å². The summed E-state index contributed by atoms with van der Waals surface area (Å²) in [7, 11) is 0. The molecule has 2 aliphatic heterocycles. The summed E-state index contributed by atoms with van der Waals surface area (Å²) in [6, 6.07) is 3.12. The molecule has 1 aromatic heterocycles. The fourth-order valence-corrected chi connectivity index (χ4v) is 3.20. The second-order valence-electron chi connectivity index (χ2n) is 4.43. The van der Waals surface area contributed by atoms with Gasteiger partial charge in [0.2, 0.25) is 5.95 Å². The van der Waals surface area contributed by atoms with Crippen molar-refractivity contribution in [2.24, 2.45) is 0 Å². The van der Waals surface area contributed by atoms with Gasteiger partial charge in [-0.05, 0) is 46.8 Å². The first-order valence-electron chi connectivity index (χ1n) is 5.31. The Morgan fingerprint density at radius 2 is 2.33 bits per heavy atom. The van der Waals surface area contributed by atoms with Crippen molar-refractivity contribution in [3.05, 3.63) is 28.2 Å². The Morgan fingerprint density at radius 3 is 2.93 bits per heavy atom. The first-order chi connectivity index (χ1) is 7.24. The number of fused-ring (bicyclic) bond motifs is 2. The number of aromatic nitrogens is 1. The average molecular weight is 271 g/mol.